The second-order valence-corrected chi connectivity index (χ2v) is 5.69. The maximum absolute atomic E-state index is 14.3. The third-order valence-electron chi connectivity index (χ3n) is 3.50. The van der Waals surface area contributed by atoms with Gasteiger partial charge in [0.25, 0.3) is 5.56 Å². The van der Waals surface area contributed by atoms with Gasteiger partial charge in [0.05, 0.1) is 23.3 Å². The molecule has 0 amide bonds. The Morgan fingerprint density at radius 1 is 1.32 bits per heavy atom. The van der Waals surface area contributed by atoms with Crippen molar-refractivity contribution in [3.8, 4) is 0 Å². The van der Waals surface area contributed by atoms with E-state index < -0.39 is 46.9 Å². The number of rotatable bonds is 4. The molecule has 1 aromatic heterocycles. The van der Waals surface area contributed by atoms with E-state index in [0.29, 0.717) is 10.7 Å². The summed E-state index contributed by atoms with van der Waals surface area (Å²) in [7, 11) is 0. The maximum atomic E-state index is 14.3. The molecule has 25 heavy (non-hydrogen) atoms. The predicted molar refractivity (Wildman–Crippen MR) is 81.7 cm³/mol. The molecular weight excluding hydrogens is 344 g/mol. The van der Waals surface area contributed by atoms with Crippen LogP contribution in [0.4, 0.5) is 17.6 Å². The van der Waals surface area contributed by atoms with Crippen molar-refractivity contribution in [2.45, 2.75) is 39.4 Å². The molecule has 2 rings (SSSR count). The number of benzene rings is 1. The summed E-state index contributed by atoms with van der Waals surface area (Å²) in [5, 5.41) is 3.21. The number of carbonyl (C=O) groups is 1. The number of halogens is 4. The third-order valence-corrected chi connectivity index (χ3v) is 3.50. The molecule has 0 bridgehead atoms. The van der Waals surface area contributed by atoms with E-state index >= 15 is 0 Å². The molecule has 0 unspecified atom stereocenters. The van der Waals surface area contributed by atoms with E-state index in [4.69, 9.17) is 4.74 Å². The number of aromatic nitrogens is 2. The van der Waals surface area contributed by atoms with Gasteiger partial charge in [-0.3, -0.25) is 9.59 Å². The molecule has 0 spiro atoms. The SMILES string of the molecule is CCOC(=O)Cn1nc(C(C)C)c2cc(C(F)(F)F)cc(F)c2c1=O. The molecule has 5 nitrogen and oxygen atoms in total. The topological polar surface area (TPSA) is 61.2 Å². The van der Waals surface area contributed by atoms with Crippen LogP contribution in [-0.2, 0) is 22.3 Å². The molecule has 0 radical (unpaired) electrons. The Morgan fingerprint density at radius 2 is 1.96 bits per heavy atom. The van der Waals surface area contributed by atoms with E-state index in [2.05, 4.69) is 5.10 Å². The van der Waals surface area contributed by atoms with Crippen LogP contribution < -0.4 is 5.56 Å². The van der Waals surface area contributed by atoms with Crippen LogP contribution >= 0.6 is 0 Å². The molecule has 0 saturated heterocycles. The number of esters is 1. The highest BCUT2D eigenvalue weighted by Crippen LogP contribution is 2.33. The molecule has 1 heterocycles. The van der Waals surface area contributed by atoms with Crippen molar-refractivity contribution < 1.29 is 27.1 Å². The number of carbonyl (C=O) groups excluding carboxylic acids is 1. The lowest BCUT2D eigenvalue weighted by atomic mass is 10.0. The Kier molecular flexibility index (Phi) is 5.15. The molecule has 2 aromatic rings. The maximum Gasteiger partial charge on any atom is 0.416 e. The van der Waals surface area contributed by atoms with Crippen molar-refractivity contribution >= 4 is 16.7 Å². The van der Waals surface area contributed by atoms with Gasteiger partial charge in [-0.25, -0.2) is 9.07 Å². The van der Waals surface area contributed by atoms with Crippen LogP contribution in [0.2, 0.25) is 0 Å². The summed E-state index contributed by atoms with van der Waals surface area (Å²) in [5.41, 5.74) is -2.11. The highest BCUT2D eigenvalue weighted by molar-refractivity contribution is 5.85. The number of alkyl halides is 3. The minimum absolute atomic E-state index is 0.0848. The average Bonchev–Trinajstić information content (AvgIpc) is 2.48. The van der Waals surface area contributed by atoms with Gasteiger partial charge in [-0.05, 0) is 25.0 Å². The first-order valence-corrected chi connectivity index (χ1v) is 7.53. The van der Waals surface area contributed by atoms with Gasteiger partial charge in [0, 0.05) is 5.39 Å². The standard InChI is InChI=1S/C16H16F4N2O3/c1-4-25-12(23)7-22-15(24)13-10(14(21-22)8(2)3)5-9(6-11(13)17)16(18,19)20/h5-6,8H,4,7H2,1-3H3. The lowest BCUT2D eigenvalue weighted by Gasteiger charge is -2.15. The Bertz CT molecular complexity index is 872. The van der Waals surface area contributed by atoms with E-state index in [9.17, 15) is 27.2 Å². The number of ether oxygens (including phenoxy) is 1. The van der Waals surface area contributed by atoms with Crippen LogP contribution in [0.25, 0.3) is 10.8 Å². The summed E-state index contributed by atoms with van der Waals surface area (Å²) in [6.07, 6.45) is -4.76. The highest BCUT2D eigenvalue weighted by Gasteiger charge is 2.33. The molecule has 0 atom stereocenters. The van der Waals surface area contributed by atoms with Crippen LogP contribution in [0.15, 0.2) is 16.9 Å². The van der Waals surface area contributed by atoms with Gasteiger partial charge in [-0.15, -0.1) is 0 Å². The van der Waals surface area contributed by atoms with Gasteiger partial charge in [0.2, 0.25) is 0 Å². The van der Waals surface area contributed by atoms with Gasteiger partial charge >= 0.3 is 12.1 Å². The van der Waals surface area contributed by atoms with Crippen molar-refractivity contribution in [1.29, 1.82) is 0 Å². The minimum atomic E-state index is -4.76. The third kappa shape index (κ3) is 3.80. The molecule has 0 aliphatic carbocycles. The second-order valence-electron chi connectivity index (χ2n) is 5.69. The number of nitrogens with zero attached hydrogens (tertiary/aromatic N) is 2. The zero-order valence-corrected chi connectivity index (χ0v) is 13.8. The average molecular weight is 360 g/mol. The fourth-order valence-corrected chi connectivity index (χ4v) is 2.41. The van der Waals surface area contributed by atoms with E-state index in [-0.39, 0.29) is 23.8 Å². The quantitative estimate of drug-likeness (QED) is 0.620. The Morgan fingerprint density at radius 3 is 2.48 bits per heavy atom. The van der Waals surface area contributed by atoms with E-state index in [1.54, 1.807) is 20.8 Å². The Hall–Kier alpha value is -2.45. The lowest BCUT2D eigenvalue weighted by Crippen LogP contribution is -2.30. The Labute approximate surface area is 140 Å². The van der Waals surface area contributed by atoms with Crippen LogP contribution in [0.3, 0.4) is 0 Å². The van der Waals surface area contributed by atoms with Crippen LogP contribution in [0.5, 0.6) is 0 Å². The smallest absolute Gasteiger partial charge is 0.416 e. The van der Waals surface area contributed by atoms with Gasteiger partial charge in [-0.1, -0.05) is 13.8 Å². The summed E-state index contributed by atoms with van der Waals surface area (Å²) in [6, 6.07) is 0.972. The van der Waals surface area contributed by atoms with Crippen LogP contribution in [0, 0.1) is 5.82 Å². The first-order chi connectivity index (χ1) is 11.6. The predicted octanol–water partition coefficient (Wildman–Crippen LogP) is 3.24. The van der Waals surface area contributed by atoms with Crippen LogP contribution in [-0.4, -0.2) is 22.4 Å². The molecule has 0 N–H and O–H groups in total. The fourth-order valence-electron chi connectivity index (χ4n) is 2.41. The van der Waals surface area contributed by atoms with Crippen molar-refractivity contribution in [2.75, 3.05) is 6.61 Å². The first kappa shape index (κ1) is 18.9. The number of hydrogen-bond donors (Lipinski definition) is 0. The molecule has 9 heteroatoms. The molecule has 136 valence electrons. The normalized spacial score (nSPS) is 12.0. The first-order valence-electron chi connectivity index (χ1n) is 7.53. The minimum Gasteiger partial charge on any atom is -0.465 e. The van der Waals surface area contributed by atoms with Crippen molar-refractivity contribution in [1.82, 2.24) is 9.78 Å². The van der Waals surface area contributed by atoms with Crippen molar-refractivity contribution in [2.24, 2.45) is 0 Å². The van der Waals surface area contributed by atoms with Gasteiger partial charge < -0.3 is 4.74 Å². The number of hydrogen-bond acceptors (Lipinski definition) is 4. The van der Waals surface area contributed by atoms with Crippen molar-refractivity contribution in [3.05, 3.63) is 39.6 Å². The summed E-state index contributed by atoms with van der Waals surface area (Å²) >= 11 is 0. The summed E-state index contributed by atoms with van der Waals surface area (Å²) in [5.74, 6) is -2.46. The van der Waals surface area contributed by atoms with Crippen LogP contribution in [0.1, 0.15) is 37.9 Å². The molecule has 0 aliphatic heterocycles. The molecule has 0 fully saturated rings. The summed E-state index contributed by atoms with van der Waals surface area (Å²) < 4.78 is 58.5. The molecular formula is C16H16F4N2O3. The van der Waals surface area contributed by atoms with E-state index in [1.807, 2.05) is 0 Å². The van der Waals surface area contributed by atoms with E-state index in [0.717, 1.165) is 0 Å². The zero-order chi connectivity index (χ0) is 18.9. The molecule has 0 aliphatic rings. The van der Waals surface area contributed by atoms with Gasteiger partial charge in [-0.2, -0.15) is 18.3 Å². The molecule has 0 saturated carbocycles. The lowest BCUT2D eigenvalue weighted by molar-refractivity contribution is -0.144. The zero-order valence-electron chi connectivity index (χ0n) is 13.8. The fraction of sp³-hybridized carbons (Fsp3) is 0.438. The summed E-state index contributed by atoms with van der Waals surface area (Å²) in [6.45, 7) is 4.38. The van der Waals surface area contributed by atoms with Gasteiger partial charge in [0.1, 0.15) is 12.4 Å². The monoisotopic (exact) mass is 360 g/mol. The molecule has 1 aromatic carbocycles. The van der Waals surface area contributed by atoms with Gasteiger partial charge in [0.15, 0.2) is 0 Å². The van der Waals surface area contributed by atoms with E-state index in [1.165, 1.54) is 0 Å². The Balaban J connectivity index is 2.78. The highest BCUT2D eigenvalue weighted by atomic mass is 19.4. The second kappa shape index (κ2) is 6.81. The van der Waals surface area contributed by atoms with Crippen molar-refractivity contribution in [3.63, 3.8) is 0 Å². The summed E-state index contributed by atoms with van der Waals surface area (Å²) in [4.78, 5) is 24.0. The number of fused-ring (bicyclic) bond motifs is 1. The largest absolute Gasteiger partial charge is 0.465 e.